The van der Waals surface area contributed by atoms with Gasteiger partial charge in [-0.05, 0) is 59.7 Å². The minimum atomic E-state index is 0.589. The molecule has 4 heterocycles. The van der Waals surface area contributed by atoms with Crippen LogP contribution in [0.4, 0.5) is 0 Å². The van der Waals surface area contributed by atoms with Crippen LogP contribution in [0.2, 0.25) is 0 Å². The molecule has 0 unspecified atom stereocenters. The van der Waals surface area contributed by atoms with Crippen molar-refractivity contribution in [1.29, 1.82) is 0 Å². The Balaban J connectivity index is 1.04. The van der Waals surface area contributed by atoms with Gasteiger partial charge in [0.25, 0.3) is 0 Å². The molecule has 4 aromatic heterocycles. The number of para-hydroxylation sites is 2. The van der Waals surface area contributed by atoms with Crippen LogP contribution >= 0.6 is 11.3 Å². The highest BCUT2D eigenvalue weighted by Crippen LogP contribution is 2.46. The number of thiophene rings is 1. The normalized spacial score (nSPS) is 11.9. The Morgan fingerprint density at radius 2 is 0.912 bits per heavy atom. The minimum absolute atomic E-state index is 0.589. The molecule has 57 heavy (non-hydrogen) atoms. The minimum Gasteiger partial charge on any atom is -0.456 e. The van der Waals surface area contributed by atoms with E-state index in [2.05, 4.69) is 103 Å². The van der Waals surface area contributed by atoms with E-state index < -0.39 is 0 Å². The molecule has 12 rings (SSSR count). The maximum Gasteiger partial charge on any atom is 0.164 e. The quantitative estimate of drug-likeness (QED) is 0.175. The van der Waals surface area contributed by atoms with E-state index in [1.807, 2.05) is 84.1 Å². The zero-order valence-corrected chi connectivity index (χ0v) is 31.1. The molecular formula is C51H29N3O2S. The SMILES string of the molecule is c1ccc(-c2nc(-c3ccccc3)nc(-c3ccc4c(c3)oc3c(-c5cc(-c6ccc7c(c6)oc6ccccc67)cc6c5sc5ccccc56)cccc34)n2)cc1. The van der Waals surface area contributed by atoms with E-state index in [-0.39, 0.29) is 0 Å². The van der Waals surface area contributed by atoms with Gasteiger partial charge in [0.1, 0.15) is 22.3 Å². The number of benzene rings is 8. The Labute approximate surface area is 330 Å². The second kappa shape index (κ2) is 12.6. The summed E-state index contributed by atoms with van der Waals surface area (Å²) in [7, 11) is 0. The lowest BCUT2D eigenvalue weighted by molar-refractivity contribution is 0.669. The number of nitrogens with zero attached hydrogens (tertiary/aromatic N) is 3. The maximum absolute atomic E-state index is 6.91. The Kier molecular flexibility index (Phi) is 7.03. The van der Waals surface area contributed by atoms with Crippen molar-refractivity contribution in [1.82, 2.24) is 15.0 Å². The molecule has 0 radical (unpaired) electrons. The first kappa shape index (κ1) is 31.9. The lowest BCUT2D eigenvalue weighted by Crippen LogP contribution is -2.00. The fraction of sp³-hybridized carbons (Fsp3) is 0. The molecular weight excluding hydrogens is 719 g/mol. The summed E-state index contributed by atoms with van der Waals surface area (Å²) in [4.78, 5) is 14.8. The second-order valence-corrected chi connectivity index (χ2v) is 15.4. The Hall–Kier alpha value is -7.41. The number of aromatic nitrogens is 3. The van der Waals surface area contributed by atoms with Gasteiger partial charge in [-0.15, -0.1) is 11.3 Å². The van der Waals surface area contributed by atoms with Gasteiger partial charge in [-0.25, -0.2) is 15.0 Å². The number of hydrogen-bond donors (Lipinski definition) is 0. The predicted molar refractivity (Wildman–Crippen MR) is 234 cm³/mol. The first-order valence-electron chi connectivity index (χ1n) is 18.9. The van der Waals surface area contributed by atoms with Crippen LogP contribution in [-0.4, -0.2) is 15.0 Å². The summed E-state index contributed by atoms with van der Waals surface area (Å²) in [5.74, 6) is 1.84. The molecule has 0 fully saturated rings. The van der Waals surface area contributed by atoms with Crippen molar-refractivity contribution in [3.63, 3.8) is 0 Å². The van der Waals surface area contributed by atoms with Gasteiger partial charge in [0.2, 0.25) is 0 Å². The maximum atomic E-state index is 6.91. The van der Waals surface area contributed by atoms with E-state index in [0.29, 0.717) is 17.5 Å². The van der Waals surface area contributed by atoms with Crippen LogP contribution in [0.3, 0.4) is 0 Å². The molecule has 5 nitrogen and oxygen atoms in total. The molecule has 8 aromatic carbocycles. The average Bonchev–Trinajstić information content (AvgIpc) is 3.97. The third kappa shape index (κ3) is 5.19. The molecule has 0 saturated carbocycles. The average molecular weight is 748 g/mol. The second-order valence-electron chi connectivity index (χ2n) is 14.3. The first-order valence-corrected chi connectivity index (χ1v) is 19.7. The van der Waals surface area contributed by atoms with Gasteiger partial charge >= 0.3 is 0 Å². The smallest absolute Gasteiger partial charge is 0.164 e. The van der Waals surface area contributed by atoms with Crippen molar-refractivity contribution in [3.8, 4) is 56.4 Å². The van der Waals surface area contributed by atoms with Crippen molar-refractivity contribution < 1.29 is 8.83 Å². The summed E-state index contributed by atoms with van der Waals surface area (Å²) in [5.41, 5.74) is 10.5. The first-order chi connectivity index (χ1) is 28.2. The third-order valence-electron chi connectivity index (χ3n) is 10.9. The van der Waals surface area contributed by atoms with Gasteiger partial charge in [0.05, 0.1) is 0 Å². The summed E-state index contributed by atoms with van der Waals surface area (Å²) in [6.07, 6.45) is 0. The highest BCUT2D eigenvalue weighted by atomic mass is 32.1. The van der Waals surface area contributed by atoms with E-state index in [4.69, 9.17) is 23.8 Å². The van der Waals surface area contributed by atoms with E-state index in [9.17, 15) is 0 Å². The zero-order chi connectivity index (χ0) is 37.5. The van der Waals surface area contributed by atoms with Gasteiger partial charge in [-0.2, -0.15) is 0 Å². The standard InChI is InChI=1S/C51H29N3O2S/c1-3-12-30(13-4-1)49-52-50(31-14-5-2-6-15-31)54-51(53-49)33-23-25-37-39-18-11-19-40(47(39)56-45(37)29-33)42-27-34(26-41-38-17-8-10-21-46(38)57-48(41)42)32-22-24-36-35-16-7-9-20-43(35)55-44(36)28-32/h1-29H. The number of furan rings is 2. The highest BCUT2D eigenvalue weighted by molar-refractivity contribution is 7.26. The topological polar surface area (TPSA) is 65.0 Å². The summed E-state index contributed by atoms with van der Waals surface area (Å²) >= 11 is 1.82. The molecule has 0 spiro atoms. The van der Waals surface area contributed by atoms with Crippen LogP contribution < -0.4 is 0 Å². The summed E-state index contributed by atoms with van der Waals surface area (Å²) in [6, 6.07) is 60.9. The fourth-order valence-corrected chi connectivity index (χ4v) is 9.40. The van der Waals surface area contributed by atoms with Crippen LogP contribution in [-0.2, 0) is 0 Å². The molecule has 266 valence electrons. The van der Waals surface area contributed by atoms with E-state index in [1.54, 1.807) is 0 Å². The molecule has 0 atom stereocenters. The number of hydrogen-bond acceptors (Lipinski definition) is 6. The molecule has 0 amide bonds. The van der Waals surface area contributed by atoms with Crippen molar-refractivity contribution in [2.45, 2.75) is 0 Å². The van der Waals surface area contributed by atoms with Crippen LogP contribution in [0.25, 0.3) is 120 Å². The highest BCUT2D eigenvalue weighted by Gasteiger charge is 2.20. The van der Waals surface area contributed by atoms with Crippen LogP contribution in [0.15, 0.2) is 185 Å². The van der Waals surface area contributed by atoms with Gasteiger partial charge < -0.3 is 8.83 Å². The molecule has 0 saturated heterocycles. The van der Waals surface area contributed by atoms with E-state index >= 15 is 0 Å². The Morgan fingerprint density at radius 3 is 1.68 bits per heavy atom. The summed E-state index contributed by atoms with van der Waals surface area (Å²) in [5, 5.41) is 6.81. The molecule has 0 N–H and O–H groups in total. The molecule has 12 aromatic rings. The van der Waals surface area contributed by atoms with Crippen molar-refractivity contribution in [3.05, 3.63) is 176 Å². The van der Waals surface area contributed by atoms with Crippen molar-refractivity contribution >= 4 is 75.4 Å². The van der Waals surface area contributed by atoms with Gasteiger partial charge in [-0.3, -0.25) is 0 Å². The van der Waals surface area contributed by atoms with Crippen LogP contribution in [0, 0.1) is 0 Å². The largest absolute Gasteiger partial charge is 0.456 e. The Morgan fingerprint density at radius 1 is 0.333 bits per heavy atom. The predicted octanol–water partition coefficient (Wildman–Crippen LogP) is 14.4. The summed E-state index contributed by atoms with van der Waals surface area (Å²) < 4.78 is 15.7. The Bertz CT molecular complexity index is 3470. The lowest BCUT2D eigenvalue weighted by Gasteiger charge is -2.10. The van der Waals surface area contributed by atoms with Crippen LogP contribution in [0.1, 0.15) is 0 Å². The zero-order valence-electron chi connectivity index (χ0n) is 30.3. The van der Waals surface area contributed by atoms with E-state index in [0.717, 1.165) is 82.8 Å². The van der Waals surface area contributed by atoms with Gasteiger partial charge in [0, 0.05) is 69.5 Å². The van der Waals surface area contributed by atoms with Crippen LogP contribution in [0.5, 0.6) is 0 Å². The lowest BCUT2D eigenvalue weighted by atomic mass is 9.94. The van der Waals surface area contributed by atoms with Crippen molar-refractivity contribution in [2.75, 3.05) is 0 Å². The molecule has 0 aliphatic rings. The van der Waals surface area contributed by atoms with E-state index in [1.165, 1.54) is 20.2 Å². The van der Waals surface area contributed by atoms with Gasteiger partial charge in [-0.1, -0.05) is 127 Å². The molecule has 6 heteroatoms. The molecule has 0 aliphatic carbocycles. The number of fused-ring (bicyclic) bond motifs is 9. The molecule has 0 aliphatic heterocycles. The number of rotatable bonds is 5. The fourth-order valence-electron chi connectivity index (χ4n) is 8.19. The molecule has 0 bridgehead atoms. The van der Waals surface area contributed by atoms with Gasteiger partial charge in [0.15, 0.2) is 17.5 Å². The monoisotopic (exact) mass is 747 g/mol. The summed E-state index contributed by atoms with van der Waals surface area (Å²) in [6.45, 7) is 0. The van der Waals surface area contributed by atoms with Crippen molar-refractivity contribution in [2.24, 2.45) is 0 Å². The third-order valence-corrected chi connectivity index (χ3v) is 12.2.